The lowest BCUT2D eigenvalue weighted by atomic mass is 10.0. The molecular formula is C11H25ClN2O. The van der Waals surface area contributed by atoms with E-state index in [9.17, 15) is 4.79 Å². The van der Waals surface area contributed by atoms with E-state index in [0.29, 0.717) is 18.9 Å². The lowest BCUT2D eigenvalue weighted by Crippen LogP contribution is -2.45. The quantitative estimate of drug-likeness (QED) is 0.742. The van der Waals surface area contributed by atoms with Crippen LogP contribution in [0.25, 0.3) is 0 Å². The third-order valence-electron chi connectivity index (χ3n) is 2.06. The van der Waals surface area contributed by atoms with E-state index in [1.807, 2.05) is 13.8 Å². The van der Waals surface area contributed by atoms with Crippen molar-refractivity contribution in [2.45, 2.75) is 52.5 Å². The molecule has 0 rings (SSSR count). The van der Waals surface area contributed by atoms with Gasteiger partial charge >= 0.3 is 0 Å². The molecule has 0 heterocycles. The number of carbonyl (C=O) groups is 1. The van der Waals surface area contributed by atoms with Crippen LogP contribution < -0.4 is 11.1 Å². The predicted molar refractivity (Wildman–Crippen MR) is 67.2 cm³/mol. The Morgan fingerprint density at radius 1 is 1.47 bits per heavy atom. The van der Waals surface area contributed by atoms with Gasteiger partial charge in [-0.25, -0.2) is 0 Å². The van der Waals surface area contributed by atoms with Gasteiger partial charge in [0.1, 0.15) is 0 Å². The van der Waals surface area contributed by atoms with Gasteiger partial charge in [-0.3, -0.25) is 4.79 Å². The van der Waals surface area contributed by atoms with Gasteiger partial charge in [0.05, 0.1) is 0 Å². The number of amides is 1. The standard InChI is InChI=1S/C11H24N2O.ClH/c1-5-6-9(2)7-10(14)13-8-11(3,4)12;/h9H,5-8,12H2,1-4H3,(H,13,14);1H. The first-order valence-electron chi connectivity index (χ1n) is 5.40. The minimum atomic E-state index is -0.316. The van der Waals surface area contributed by atoms with Crippen LogP contribution in [0.4, 0.5) is 0 Å². The summed E-state index contributed by atoms with van der Waals surface area (Å²) in [5, 5.41) is 2.85. The van der Waals surface area contributed by atoms with Gasteiger partial charge in [-0.2, -0.15) is 0 Å². The molecule has 1 unspecified atom stereocenters. The molecule has 3 nitrogen and oxygen atoms in total. The van der Waals surface area contributed by atoms with E-state index in [4.69, 9.17) is 5.73 Å². The SMILES string of the molecule is CCCC(C)CC(=O)NCC(C)(C)N.Cl. The second-order valence-corrected chi connectivity index (χ2v) is 4.86. The van der Waals surface area contributed by atoms with Crippen molar-refractivity contribution in [3.63, 3.8) is 0 Å². The summed E-state index contributed by atoms with van der Waals surface area (Å²) in [5.74, 6) is 0.588. The Balaban J connectivity index is 0. The Labute approximate surface area is 99.6 Å². The lowest BCUT2D eigenvalue weighted by Gasteiger charge is -2.19. The Hall–Kier alpha value is -0.280. The Morgan fingerprint density at radius 2 is 2.00 bits per heavy atom. The lowest BCUT2D eigenvalue weighted by molar-refractivity contribution is -0.122. The van der Waals surface area contributed by atoms with Crippen molar-refractivity contribution in [3.8, 4) is 0 Å². The Bertz CT molecular complexity index is 178. The number of rotatable bonds is 6. The zero-order chi connectivity index (χ0) is 11.2. The number of hydrogen-bond acceptors (Lipinski definition) is 2. The molecule has 15 heavy (non-hydrogen) atoms. The molecule has 0 aliphatic rings. The van der Waals surface area contributed by atoms with E-state index < -0.39 is 0 Å². The van der Waals surface area contributed by atoms with Crippen molar-refractivity contribution in [2.75, 3.05) is 6.54 Å². The molecule has 0 fully saturated rings. The highest BCUT2D eigenvalue weighted by atomic mass is 35.5. The molecule has 0 aromatic heterocycles. The van der Waals surface area contributed by atoms with Gasteiger partial charge in [0.2, 0.25) is 5.91 Å². The zero-order valence-electron chi connectivity index (χ0n) is 10.3. The van der Waals surface area contributed by atoms with Gasteiger partial charge in [-0.15, -0.1) is 12.4 Å². The first-order valence-corrected chi connectivity index (χ1v) is 5.40. The number of nitrogens with one attached hydrogen (secondary N) is 1. The van der Waals surface area contributed by atoms with Crippen LogP contribution in [0.3, 0.4) is 0 Å². The van der Waals surface area contributed by atoms with Crippen LogP contribution in [0.1, 0.15) is 47.0 Å². The molecule has 0 aliphatic heterocycles. The molecule has 0 bridgehead atoms. The molecule has 0 saturated heterocycles. The minimum Gasteiger partial charge on any atom is -0.354 e. The average molecular weight is 237 g/mol. The summed E-state index contributed by atoms with van der Waals surface area (Å²) in [7, 11) is 0. The van der Waals surface area contributed by atoms with Gasteiger partial charge in [0, 0.05) is 18.5 Å². The maximum absolute atomic E-state index is 11.4. The summed E-state index contributed by atoms with van der Waals surface area (Å²) in [6.45, 7) is 8.60. The van der Waals surface area contributed by atoms with Gasteiger partial charge in [0.15, 0.2) is 0 Å². The summed E-state index contributed by atoms with van der Waals surface area (Å²) in [4.78, 5) is 11.4. The van der Waals surface area contributed by atoms with E-state index in [1.54, 1.807) is 0 Å². The van der Waals surface area contributed by atoms with E-state index in [0.717, 1.165) is 12.8 Å². The van der Waals surface area contributed by atoms with Gasteiger partial charge < -0.3 is 11.1 Å². The van der Waals surface area contributed by atoms with Crippen molar-refractivity contribution < 1.29 is 4.79 Å². The second kappa shape index (κ2) is 7.94. The fourth-order valence-electron chi connectivity index (χ4n) is 1.31. The smallest absolute Gasteiger partial charge is 0.220 e. The third-order valence-corrected chi connectivity index (χ3v) is 2.06. The van der Waals surface area contributed by atoms with Crippen molar-refractivity contribution >= 4 is 18.3 Å². The molecule has 0 aromatic carbocycles. The van der Waals surface area contributed by atoms with E-state index in [-0.39, 0.29) is 23.9 Å². The van der Waals surface area contributed by atoms with Crippen LogP contribution >= 0.6 is 12.4 Å². The molecule has 1 atom stereocenters. The Kier molecular flexibility index (Phi) is 9.07. The van der Waals surface area contributed by atoms with Crippen LogP contribution in [-0.2, 0) is 4.79 Å². The van der Waals surface area contributed by atoms with Crippen LogP contribution in [0.5, 0.6) is 0 Å². The average Bonchev–Trinajstić information content (AvgIpc) is 2.00. The van der Waals surface area contributed by atoms with E-state index in [1.165, 1.54) is 0 Å². The van der Waals surface area contributed by atoms with Crippen LogP contribution in [0, 0.1) is 5.92 Å². The predicted octanol–water partition coefficient (Wildman–Crippen LogP) is 2.09. The highest BCUT2D eigenvalue weighted by Crippen LogP contribution is 2.09. The monoisotopic (exact) mass is 236 g/mol. The van der Waals surface area contributed by atoms with Gasteiger partial charge in [-0.1, -0.05) is 26.7 Å². The molecule has 92 valence electrons. The molecule has 0 radical (unpaired) electrons. The summed E-state index contributed by atoms with van der Waals surface area (Å²) >= 11 is 0. The second-order valence-electron chi connectivity index (χ2n) is 4.86. The molecule has 0 saturated carbocycles. The zero-order valence-corrected chi connectivity index (χ0v) is 11.1. The number of halogens is 1. The molecule has 0 spiro atoms. The van der Waals surface area contributed by atoms with Crippen molar-refractivity contribution in [2.24, 2.45) is 11.7 Å². The Morgan fingerprint density at radius 3 is 2.40 bits per heavy atom. The summed E-state index contributed by atoms with van der Waals surface area (Å²) in [5.41, 5.74) is 5.44. The first-order chi connectivity index (χ1) is 6.35. The van der Waals surface area contributed by atoms with Crippen molar-refractivity contribution in [1.29, 1.82) is 0 Å². The van der Waals surface area contributed by atoms with Crippen LogP contribution in [-0.4, -0.2) is 18.0 Å². The molecule has 0 aliphatic carbocycles. The first kappa shape index (κ1) is 17.1. The minimum absolute atomic E-state index is 0. The summed E-state index contributed by atoms with van der Waals surface area (Å²) in [6.07, 6.45) is 2.86. The molecular weight excluding hydrogens is 212 g/mol. The molecule has 1 amide bonds. The van der Waals surface area contributed by atoms with E-state index >= 15 is 0 Å². The maximum Gasteiger partial charge on any atom is 0.220 e. The number of nitrogens with two attached hydrogens (primary N) is 1. The normalized spacial score (nSPS) is 12.9. The highest BCUT2D eigenvalue weighted by molar-refractivity contribution is 5.85. The largest absolute Gasteiger partial charge is 0.354 e. The van der Waals surface area contributed by atoms with Gasteiger partial charge in [0.25, 0.3) is 0 Å². The van der Waals surface area contributed by atoms with Crippen molar-refractivity contribution in [1.82, 2.24) is 5.32 Å². The van der Waals surface area contributed by atoms with E-state index in [2.05, 4.69) is 19.2 Å². The fraction of sp³-hybridized carbons (Fsp3) is 0.909. The highest BCUT2D eigenvalue weighted by Gasteiger charge is 2.13. The van der Waals surface area contributed by atoms with Crippen LogP contribution in [0.15, 0.2) is 0 Å². The summed E-state index contributed by atoms with van der Waals surface area (Å²) in [6, 6.07) is 0. The van der Waals surface area contributed by atoms with Gasteiger partial charge in [-0.05, 0) is 19.8 Å². The fourth-order valence-corrected chi connectivity index (χ4v) is 1.31. The molecule has 3 N–H and O–H groups in total. The summed E-state index contributed by atoms with van der Waals surface area (Å²) < 4.78 is 0. The maximum atomic E-state index is 11.4. The van der Waals surface area contributed by atoms with Crippen molar-refractivity contribution in [3.05, 3.63) is 0 Å². The van der Waals surface area contributed by atoms with Crippen LogP contribution in [0.2, 0.25) is 0 Å². The molecule has 4 heteroatoms. The number of hydrogen-bond donors (Lipinski definition) is 2. The topological polar surface area (TPSA) is 55.1 Å². The molecule has 0 aromatic rings. The number of carbonyl (C=O) groups excluding carboxylic acids is 1. The third kappa shape index (κ3) is 11.6.